The summed E-state index contributed by atoms with van der Waals surface area (Å²) in [6, 6.07) is 19.2. The average molecular weight is 387 g/mol. The maximum Gasteiger partial charge on any atom is 0.253 e. The summed E-state index contributed by atoms with van der Waals surface area (Å²) in [7, 11) is 1.81. The zero-order valence-electron chi connectivity index (χ0n) is 16.1. The van der Waals surface area contributed by atoms with Gasteiger partial charge in [0.1, 0.15) is 11.5 Å². The number of amides is 1. The van der Waals surface area contributed by atoms with Crippen LogP contribution in [0.25, 0.3) is 22.6 Å². The number of oxazole rings is 1. The summed E-state index contributed by atoms with van der Waals surface area (Å²) in [5, 5.41) is 4.13. The first kappa shape index (κ1) is 18.7. The third-order valence-corrected chi connectivity index (χ3v) is 4.74. The number of carbonyl (C=O) groups excluding carboxylic acids is 1. The Balaban J connectivity index is 1.30. The van der Waals surface area contributed by atoms with E-state index in [0.717, 1.165) is 35.4 Å². The van der Waals surface area contributed by atoms with E-state index in [1.807, 2.05) is 55.6 Å². The normalized spacial score (nSPS) is 10.8. The van der Waals surface area contributed by atoms with Crippen LogP contribution in [0.3, 0.4) is 0 Å². The fourth-order valence-corrected chi connectivity index (χ4v) is 3.12. The van der Waals surface area contributed by atoms with Gasteiger partial charge in [-0.3, -0.25) is 4.79 Å². The van der Waals surface area contributed by atoms with Crippen LogP contribution in [0.15, 0.2) is 82.2 Å². The number of nitrogens with zero attached hydrogens (tertiary/aromatic N) is 3. The Morgan fingerprint density at radius 1 is 1.03 bits per heavy atom. The van der Waals surface area contributed by atoms with Gasteiger partial charge >= 0.3 is 0 Å². The van der Waals surface area contributed by atoms with Crippen molar-refractivity contribution >= 4 is 5.91 Å². The molecular formula is C23H21N3O3. The summed E-state index contributed by atoms with van der Waals surface area (Å²) >= 11 is 0. The number of hydrogen-bond donors (Lipinski definition) is 0. The van der Waals surface area contributed by atoms with Crippen molar-refractivity contribution in [3.8, 4) is 22.6 Å². The van der Waals surface area contributed by atoms with Crippen LogP contribution in [0.5, 0.6) is 0 Å². The van der Waals surface area contributed by atoms with Gasteiger partial charge in [-0.15, -0.1) is 0 Å². The lowest BCUT2D eigenvalue weighted by Crippen LogP contribution is -2.27. The van der Waals surface area contributed by atoms with Crippen LogP contribution < -0.4 is 0 Å². The van der Waals surface area contributed by atoms with Crippen LogP contribution in [-0.4, -0.2) is 34.5 Å². The van der Waals surface area contributed by atoms with Gasteiger partial charge in [0.2, 0.25) is 0 Å². The van der Waals surface area contributed by atoms with Gasteiger partial charge in [-0.05, 0) is 18.6 Å². The van der Waals surface area contributed by atoms with Gasteiger partial charge in [0.15, 0.2) is 12.2 Å². The smallest absolute Gasteiger partial charge is 0.253 e. The fourth-order valence-electron chi connectivity index (χ4n) is 3.12. The zero-order chi connectivity index (χ0) is 20.1. The lowest BCUT2D eigenvalue weighted by atomic mass is 10.1. The van der Waals surface area contributed by atoms with Crippen LogP contribution in [0, 0.1) is 0 Å². The number of hydrogen-bond acceptors (Lipinski definition) is 5. The largest absolute Gasteiger partial charge is 0.444 e. The summed E-state index contributed by atoms with van der Waals surface area (Å²) in [4.78, 5) is 18.3. The first-order valence-corrected chi connectivity index (χ1v) is 9.46. The third-order valence-electron chi connectivity index (χ3n) is 4.74. The summed E-state index contributed by atoms with van der Waals surface area (Å²) in [6.07, 6.45) is 4.55. The highest BCUT2D eigenvalue weighted by Gasteiger charge is 2.13. The Labute approximate surface area is 168 Å². The standard InChI is InChI=1S/C23H21N3O3/c1-26(23(27)19-11-9-18(10-12-19)22-15-24-16-28-22)13-5-8-20-14-21(25-29-20)17-6-3-2-4-7-17/h2-4,6-7,9-12,14-16H,5,8,13H2,1H3. The van der Waals surface area contributed by atoms with Crippen LogP contribution in [0.4, 0.5) is 0 Å². The monoisotopic (exact) mass is 387 g/mol. The van der Waals surface area contributed by atoms with Crippen LogP contribution >= 0.6 is 0 Å². The molecule has 0 atom stereocenters. The van der Waals surface area contributed by atoms with Gasteiger partial charge in [0.25, 0.3) is 5.91 Å². The Kier molecular flexibility index (Phi) is 5.52. The molecular weight excluding hydrogens is 366 g/mol. The van der Waals surface area contributed by atoms with E-state index >= 15 is 0 Å². The van der Waals surface area contributed by atoms with Crippen molar-refractivity contribution in [2.75, 3.05) is 13.6 Å². The molecule has 1 amide bonds. The van der Waals surface area contributed by atoms with Crippen molar-refractivity contribution in [2.45, 2.75) is 12.8 Å². The van der Waals surface area contributed by atoms with E-state index in [1.165, 1.54) is 6.39 Å². The average Bonchev–Trinajstić information content (AvgIpc) is 3.46. The first-order chi connectivity index (χ1) is 14.2. The maximum atomic E-state index is 12.6. The SMILES string of the molecule is CN(CCCc1cc(-c2ccccc2)no1)C(=O)c1ccc(-c2cnco2)cc1. The third kappa shape index (κ3) is 4.43. The molecule has 0 aliphatic heterocycles. The molecule has 0 spiro atoms. The molecule has 6 nitrogen and oxygen atoms in total. The highest BCUT2D eigenvalue weighted by molar-refractivity contribution is 5.94. The van der Waals surface area contributed by atoms with Crippen molar-refractivity contribution in [1.29, 1.82) is 0 Å². The molecule has 0 saturated heterocycles. The maximum absolute atomic E-state index is 12.6. The van der Waals surface area contributed by atoms with Gasteiger partial charge in [-0.25, -0.2) is 4.98 Å². The minimum Gasteiger partial charge on any atom is -0.444 e. The van der Waals surface area contributed by atoms with Crippen LogP contribution in [0.1, 0.15) is 22.5 Å². The van der Waals surface area contributed by atoms with E-state index in [-0.39, 0.29) is 5.91 Å². The highest BCUT2D eigenvalue weighted by atomic mass is 16.5. The van der Waals surface area contributed by atoms with Gasteiger partial charge in [-0.2, -0.15) is 0 Å². The molecule has 2 aromatic heterocycles. The second-order valence-corrected chi connectivity index (χ2v) is 6.82. The molecule has 0 saturated carbocycles. The summed E-state index contributed by atoms with van der Waals surface area (Å²) in [5.41, 5.74) is 3.39. The second-order valence-electron chi connectivity index (χ2n) is 6.82. The molecule has 2 heterocycles. The Hall–Kier alpha value is -3.67. The van der Waals surface area contributed by atoms with Crippen LogP contribution in [-0.2, 0) is 6.42 Å². The molecule has 0 radical (unpaired) electrons. The second kappa shape index (κ2) is 8.56. The lowest BCUT2D eigenvalue weighted by molar-refractivity contribution is 0.0793. The number of aryl methyl sites for hydroxylation is 1. The van der Waals surface area contributed by atoms with Crippen molar-refractivity contribution in [3.05, 3.63) is 84.6 Å². The van der Waals surface area contributed by atoms with Crippen molar-refractivity contribution in [1.82, 2.24) is 15.0 Å². The molecule has 4 aromatic rings. The Bertz CT molecular complexity index is 1050. The predicted molar refractivity (Wildman–Crippen MR) is 109 cm³/mol. The molecule has 0 aliphatic rings. The quantitative estimate of drug-likeness (QED) is 0.459. The van der Waals surface area contributed by atoms with E-state index in [0.29, 0.717) is 17.9 Å². The molecule has 2 aromatic carbocycles. The van der Waals surface area contributed by atoms with E-state index in [4.69, 9.17) is 8.94 Å². The molecule has 0 N–H and O–H groups in total. The van der Waals surface area contributed by atoms with E-state index in [1.54, 1.807) is 23.2 Å². The molecule has 0 bridgehead atoms. The summed E-state index contributed by atoms with van der Waals surface area (Å²) in [5.74, 6) is 1.48. The van der Waals surface area contributed by atoms with Crippen molar-refractivity contribution in [2.24, 2.45) is 0 Å². The minimum absolute atomic E-state index is 0.0170. The minimum atomic E-state index is -0.0170. The molecule has 0 fully saturated rings. The predicted octanol–water partition coefficient (Wildman–Crippen LogP) is 4.70. The Morgan fingerprint density at radius 3 is 2.55 bits per heavy atom. The molecule has 6 heteroatoms. The van der Waals surface area contributed by atoms with E-state index < -0.39 is 0 Å². The van der Waals surface area contributed by atoms with Gasteiger partial charge in [-0.1, -0.05) is 47.6 Å². The van der Waals surface area contributed by atoms with Gasteiger partial charge in [0.05, 0.1) is 6.20 Å². The van der Waals surface area contributed by atoms with Gasteiger partial charge < -0.3 is 13.8 Å². The molecule has 4 rings (SSSR count). The molecule has 29 heavy (non-hydrogen) atoms. The number of carbonyl (C=O) groups is 1. The van der Waals surface area contributed by atoms with Crippen molar-refractivity contribution in [3.63, 3.8) is 0 Å². The first-order valence-electron chi connectivity index (χ1n) is 9.46. The zero-order valence-corrected chi connectivity index (χ0v) is 16.1. The number of benzene rings is 2. The van der Waals surface area contributed by atoms with E-state index in [9.17, 15) is 4.79 Å². The van der Waals surface area contributed by atoms with E-state index in [2.05, 4.69) is 10.1 Å². The fraction of sp³-hybridized carbons (Fsp3) is 0.174. The molecule has 0 unspecified atom stereocenters. The van der Waals surface area contributed by atoms with Gasteiger partial charge in [0, 0.05) is 42.8 Å². The lowest BCUT2D eigenvalue weighted by Gasteiger charge is -2.16. The Morgan fingerprint density at radius 2 is 1.83 bits per heavy atom. The summed E-state index contributed by atoms with van der Waals surface area (Å²) in [6.45, 7) is 0.629. The van der Waals surface area contributed by atoms with Crippen molar-refractivity contribution < 1.29 is 13.7 Å². The van der Waals surface area contributed by atoms with Crippen LogP contribution in [0.2, 0.25) is 0 Å². The number of aromatic nitrogens is 2. The number of rotatable bonds is 7. The highest BCUT2D eigenvalue weighted by Crippen LogP contribution is 2.20. The topological polar surface area (TPSA) is 72.4 Å². The summed E-state index contributed by atoms with van der Waals surface area (Å²) < 4.78 is 10.7. The molecule has 0 aliphatic carbocycles. The molecule has 146 valence electrons.